The molecule has 0 amide bonds. The third-order valence-electron chi connectivity index (χ3n) is 1.94. The van der Waals surface area contributed by atoms with E-state index in [2.05, 4.69) is 21.0 Å². The van der Waals surface area contributed by atoms with Crippen molar-refractivity contribution < 1.29 is 13.2 Å². The normalized spacial score (nSPS) is 12.3. The molecule has 0 fully saturated rings. The molecule has 2 nitrogen and oxygen atoms in total. The lowest BCUT2D eigenvalue weighted by Gasteiger charge is -2.08. The van der Waals surface area contributed by atoms with E-state index in [9.17, 15) is 13.2 Å². The van der Waals surface area contributed by atoms with Gasteiger partial charge in [-0.2, -0.15) is 18.3 Å². The van der Waals surface area contributed by atoms with Gasteiger partial charge in [-0.15, -0.1) is 0 Å². The Morgan fingerprint density at radius 2 is 2.07 bits per heavy atom. The summed E-state index contributed by atoms with van der Waals surface area (Å²) in [6.07, 6.45) is -2.83. The van der Waals surface area contributed by atoms with Gasteiger partial charge in [0, 0.05) is 9.86 Å². The lowest BCUT2D eigenvalue weighted by atomic mass is 10.2. The van der Waals surface area contributed by atoms with Gasteiger partial charge >= 0.3 is 6.18 Å². The van der Waals surface area contributed by atoms with Crippen molar-refractivity contribution >= 4 is 26.8 Å². The van der Waals surface area contributed by atoms with E-state index in [1.165, 1.54) is 6.20 Å². The summed E-state index contributed by atoms with van der Waals surface area (Å²) in [5.74, 6) is 0. The highest BCUT2D eigenvalue weighted by atomic mass is 79.9. The van der Waals surface area contributed by atoms with Gasteiger partial charge in [-0.3, -0.25) is 4.68 Å². The van der Waals surface area contributed by atoms with Crippen molar-refractivity contribution in [3.8, 4) is 0 Å². The fourth-order valence-electron chi connectivity index (χ4n) is 1.39. The van der Waals surface area contributed by atoms with Crippen LogP contribution in [-0.4, -0.2) is 16.0 Å². The number of aromatic nitrogens is 2. The molecule has 0 bridgehead atoms. The second-order valence-electron chi connectivity index (χ2n) is 3.10. The van der Waals surface area contributed by atoms with Gasteiger partial charge in [0.2, 0.25) is 0 Å². The number of benzene rings is 1. The average Bonchev–Trinajstić information content (AvgIpc) is 2.47. The highest BCUT2D eigenvalue weighted by Gasteiger charge is 2.29. The molecule has 0 spiro atoms. The van der Waals surface area contributed by atoms with Crippen LogP contribution in [0.25, 0.3) is 10.9 Å². The number of fused-ring (bicyclic) bond motifs is 1. The zero-order valence-electron chi connectivity index (χ0n) is 7.42. The van der Waals surface area contributed by atoms with Crippen LogP contribution in [0.5, 0.6) is 0 Å². The second-order valence-corrected chi connectivity index (χ2v) is 3.95. The van der Waals surface area contributed by atoms with Crippen LogP contribution in [0.1, 0.15) is 0 Å². The van der Waals surface area contributed by atoms with Gasteiger partial charge in [0.25, 0.3) is 0 Å². The van der Waals surface area contributed by atoms with Gasteiger partial charge in [0.15, 0.2) is 0 Å². The maximum atomic E-state index is 12.2. The monoisotopic (exact) mass is 278 g/mol. The van der Waals surface area contributed by atoms with Crippen LogP contribution < -0.4 is 0 Å². The summed E-state index contributed by atoms with van der Waals surface area (Å²) in [6, 6.07) is 5.17. The molecule has 0 aliphatic heterocycles. The summed E-state index contributed by atoms with van der Waals surface area (Å²) in [4.78, 5) is 0. The third-order valence-corrected chi connectivity index (χ3v) is 2.58. The largest absolute Gasteiger partial charge is 0.408 e. The van der Waals surface area contributed by atoms with Gasteiger partial charge in [-0.05, 0) is 22.0 Å². The topological polar surface area (TPSA) is 17.8 Å². The molecule has 2 aromatic rings. The van der Waals surface area contributed by atoms with E-state index in [4.69, 9.17) is 0 Å². The minimum absolute atomic E-state index is 0.467. The molecular formula is C9H6BrF3N2. The quantitative estimate of drug-likeness (QED) is 0.782. The molecular weight excluding hydrogens is 273 g/mol. The molecule has 0 aliphatic carbocycles. The number of para-hydroxylation sites is 1. The lowest BCUT2D eigenvalue weighted by Crippen LogP contribution is -2.18. The number of hydrogen-bond acceptors (Lipinski definition) is 1. The van der Waals surface area contributed by atoms with Gasteiger partial charge in [-0.1, -0.05) is 12.1 Å². The standard InChI is InChI=1S/C9H6BrF3N2/c10-7-3-1-2-6-4-14-15(8(6)7)5-9(11,12)13/h1-4H,5H2. The number of halogens is 4. The minimum atomic E-state index is -4.26. The molecule has 0 unspecified atom stereocenters. The first-order valence-electron chi connectivity index (χ1n) is 4.14. The Balaban J connectivity index is 2.53. The predicted molar refractivity (Wildman–Crippen MR) is 53.5 cm³/mol. The van der Waals surface area contributed by atoms with Gasteiger partial charge in [0.1, 0.15) is 6.54 Å². The van der Waals surface area contributed by atoms with Gasteiger partial charge in [0.05, 0.1) is 11.7 Å². The summed E-state index contributed by atoms with van der Waals surface area (Å²) in [7, 11) is 0. The molecule has 1 heterocycles. The Labute approximate surface area is 91.8 Å². The molecule has 15 heavy (non-hydrogen) atoms. The average molecular weight is 279 g/mol. The van der Waals surface area contributed by atoms with Crippen molar-refractivity contribution in [3.63, 3.8) is 0 Å². The third kappa shape index (κ3) is 2.14. The predicted octanol–water partition coefficient (Wildman–Crippen LogP) is 3.36. The van der Waals surface area contributed by atoms with Crippen LogP contribution in [-0.2, 0) is 6.54 Å². The molecule has 2 rings (SSSR count). The molecule has 0 saturated heterocycles. The van der Waals surface area contributed by atoms with Crippen LogP contribution in [0, 0.1) is 0 Å². The van der Waals surface area contributed by atoms with Crippen LogP contribution in [0.2, 0.25) is 0 Å². The highest BCUT2D eigenvalue weighted by molar-refractivity contribution is 9.10. The molecule has 0 N–H and O–H groups in total. The van der Waals surface area contributed by atoms with Crippen molar-refractivity contribution in [1.82, 2.24) is 9.78 Å². The number of alkyl halides is 3. The fraction of sp³-hybridized carbons (Fsp3) is 0.222. The molecule has 1 aromatic heterocycles. The Hall–Kier alpha value is -1.04. The summed E-state index contributed by atoms with van der Waals surface area (Å²) >= 11 is 3.21. The second kappa shape index (κ2) is 3.52. The Morgan fingerprint density at radius 1 is 1.33 bits per heavy atom. The molecule has 0 saturated carbocycles. The zero-order valence-corrected chi connectivity index (χ0v) is 9.01. The van der Waals surface area contributed by atoms with Crippen molar-refractivity contribution in [1.29, 1.82) is 0 Å². The van der Waals surface area contributed by atoms with Crippen LogP contribution >= 0.6 is 15.9 Å². The molecule has 0 aliphatic rings. The van der Waals surface area contributed by atoms with Crippen molar-refractivity contribution in [2.45, 2.75) is 12.7 Å². The maximum Gasteiger partial charge on any atom is 0.408 e. The number of hydrogen-bond donors (Lipinski definition) is 0. The summed E-state index contributed by atoms with van der Waals surface area (Å²) < 4.78 is 38.2. The van der Waals surface area contributed by atoms with Crippen molar-refractivity contribution in [2.75, 3.05) is 0 Å². The minimum Gasteiger partial charge on any atom is -0.255 e. The van der Waals surface area contributed by atoms with E-state index in [-0.39, 0.29) is 0 Å². The first-order chi connectivity index (χ1) is 6.97. The fourth-order valence-corrected chi connectivity index (χ4v) is 1.97. The molecule has 1 aromatic carbocycles. The lowest BCUT2D eigenvalue weighted by molar-refractivity contribution is -0.141. The van der Waals surface area contributed by atoms with E-state index >= 15 is 0 Å². The number of nitrogens with zero attached hydrogens (tertiary/aromatic N) is 2. The van der Waals surface area contributed by atoms with E-state index in [0.29, 0.717) is 15.4 Å². The SMILES string of the molecule is FC(F)(F)Cn1ncc2cccc(Br)c21. The van der Waals surface area contributed by atoms with E-state index in [1.807, 2.05) is 0 Å². The smallest absolute Gasteiger partial charge is 0.255 e. The highest BCUT2D eigenvalue weighted by Crippen LogP contribution is 2.26. The molecule has 0 atom stereocenters. The van der Waals surface area contributed by atoms with Crippen LogP contribution in [0.3, 0.4) is 0 Å². The molecule has 80 valence electrons. The first-order valence-corrected chi connectivity index (χ1v) is 4.93. The maximum absolute atomic E-state index is 12.2. The van der Waals surface area contributed by atoms with Crippen LogP contribution in [0.4, 0.5) is 13.2 Å². The Bertz CT molecular complexity index is 490. The first kappa shape index (κ1) is 10.5. The van der Waals surface area contributed by atoms with Crippen LogP contribution in [0.15, 0.2) is 28.9 Å². The van der Waals surface area contributed by atoms with E-state index in [0.717, 1.165) is 4.68 Å². The van der Waals surface area contributed by atoms with Gasteiger partial charge < -0.3 is 0 Å². The summed E-state index contributed by atoms with van der Waals surface area (Å²) in [5, 5.41) is 4.40. The summed E-state index contributed by atoms with van der Waals surface area (Å²) in [5.41, 5.74) is 0.467. The van der Waals surface area contributed by atoms with E-state index < -0.39 is 12.7 Å². The summed E-state index contributed by atoms with van der Waals surface area (Å²) in [6.45, 7) is -1.07. The molecule has 6 heteroatoms. The Kier molecular flexibility index (Phi) is 2.46. The van der Waals surface area contributed by atoms with Gasteiger partial charge in [-0.25, -0.2) is 0 Å². The molecule has 0 radical (unpaired) electrons. The zero-order chi connectivity index (χ0) is 11.1. The van der Waals surface area contributed by atoms with Crippen molar-refractivity contribution in [2.24, 2.45) is 0 Å². The van der Waals surface area contributed by atoms with Crippen molar-refractivity contribution in [3.05, 3.63) is 28.9 Å². The Morgan fingerprint density at radius 3 is 2.73 bits per heavy atom. The number of rotatable bonds is 1. The van der Waals surface area contributed by atoms with E-state index in [1.54, 1.807) is 18.2 Å².